The zero-order chi connectivity index (χ0) is 21.9. The van der Waals surface area contributed by atoms with Crippen molar-refractivity contribution in [3.05, 3.63) is 46.2 Å². The molecule has 5 rings (SSSR count). The predicted octanol–water partition coefficient (Wildman–Crippen LogP) is 3.60. The van der Waals surface area contributed by atoms with Crippen LogP contribution in [-0.2, 0) is 17.1 Å². The van der Waals surface area contributed by atoms with Crippen molar-refractivity contribution in [2.45, 2.75) is 32.1 Å². The molecule has 1 saturated carbocycles. The summed E-state index contributed by atoms with van der Waals surface area (Å²) >= 11 is 6.34. The SMILES string of the molecule is Cc1nn(C)c2nc(C3CC3)cc(C(=O)Nc3cc(N4CCCS4(=O)=O)ccc3Cl)c12. The van der Waals surface area contributed by atoms with Gasteiger partial charge in [0, 0.05) is 25.2 Å². The van der Waals surface area contributed by atoms with Gasteiger partial charge in [-0.1, -0.05) is 11.6 Å². The quantitative estimate of drug-likeness (QED) is 0.642. The molecule has 31 heavy (non-hydrogen) atoms. The Labute approximate surface area is 185 Å². The van der Waals surface area contributed by atoms with E-state index in [2.05, 4.69) is 10.4 Å². The average molecular weight is 460 g/mol. The van der Waals surface area contributed by atoms with Crippen molar-refractivity contribution < 1.29 is 13.2 Å². The van der Waals surface area contributed by atoms with Gasteiger partial charge in [-0.15, -0.1) is 0 Å². The maximum atomic E-state index is 13.3. The van der Waals surface area contributed by atoms with Crippen LogP contribution in [0.1, 0.15) is 46.9 Å². The van der Waals surface area contributed by atoms with E-state index in [1.807, 2.05) is 20.0 Å². The maximum Gasteiger partial charge on any atom is 0.256 e. The molecule has 162 valence electrons. The third-order valence-corrected chi connectivity index (χ3v) is 8.01. The molecule has 2 aliphatic rings. The highest BCUT2D eigenvalue weighted by atomic mass is 35.5. The van der Waals surface area contributed by atoms with Crippen molar-refractivity contribution in [3.8, 4) is 0 Å². The second-order valence-corrected chi connectivity index (χ2v) is 10.6. The summed E-state index contributed by atoms with van der Waals surface area (Å²) in [6, 6.07) is 6.71. The molecule has 1 aliphatic carbocycles. The highest BCUT2D eigenvalue weighted by molar-refractivity contribution is 7.93. The minimum Gasteiger partial charge on any atom is -0.321 e. The van der Waals surface area contributed by atoms with E-state index in [4.69, 9.17) is 16.6 Å². The van der Waals surface area contributed by atoms with Crippen LogP contribution in [0.2, 0.25) is 5.02 Å². The summed E-state index contributed by atoms with van der Waals surface area (Å²) in [6.07, 6.45) is 2.70. The Morgan fingerprint density at radius 1 is 1.26 bits per heavy atom. The molecule has 0 radical (unpaired) electrons. The second kappa shape index (κ2) is 7.20. The van der Waals surface area contributed by atoms with Gasteiger partial charge in [-0.2, -0.15) is 5.10 Å². The fraction of sp³-hybridized carbons (Fsp3) is 0.381. The molecule has 10 heteroatoms. The number of pyridine rings is 1. The van der Waals surface area contributed by atoms with Crippen molar-refractivity contribution in [1.82, 2.24) is 14.8 Å². The first kappa shape index (κ1) is 20.3. The number of anilines is 2. The van der Waals surface area contributed by atoms with Gasteiger partial charge in [-0.05, 0) is 50.5 Å². The first-order chi connectivity index (χ1) is 14.7. The highest BCUT2D eigenvalue weighted by Crippen LogP contribution is 2.40. The van der Waals surface area contributed by atoms with Crippen molar-refractivity contribution in [1.29, 1.82) is 0 Å². The van der Waals surface area contributed by atoms with E-state index in [0.717, 1.165) is 24.2 Å². The van der Waals surface area contributed by atoms with E-state index in [1.54, 1.807) is 22.9 Å². The molecule has 1 saturated heterocycles. The Hall–Kier alpha value is -2.65. The number of hydrogen-bond donors (Lipinski definition) is 1. The summed E-state index contributed by atoms with van der Waals surface area (Å²) in [6.45, 7) is 2.27. The Bertz CT molecular complexity index is 1330. The first-order valence-electron chi connectivity index (χ1n) is 10.2. The zero-order valence-electron chi connectivity index (χ0n) is 17.2. The number of nitrogens with one attached hydrogen (secondary N) is 1. The molecule has 0 spiro atoms. The van der Waals surface area contributed by atoms with Crippen LogP contribution in [-0.4, -0.2) is 41.4 Å². The molecule has 1 aliphatic heterocycles. The monoisotopic (exact) mass is 459 g/mol. The fourth-order valence-corrected chi connectivity index (χ4v) is 5.84. The van der Waals surface area contributed by atoms with Gasteiger partial charge in [0.25, 0.3) is 5.91 Å². The van der Waals surface area contributed by atoms with Crippen LogP contribution in [0.3, 0.4) is 0 Å². The van der Waals surface area contributed by atoms with Gasteiger partial charge in [0.05, 0.1) is 38.8 Å². The molecule has 0 unspecified atom stereocenters. The summed E-state index contributed by atoms with van der Waals surface area (Å²) < 4.78 is 27.6. The minimum atomic E-state index is -3.33. The molecule has 1 amide bonds. The Morgan fingerprint density at radius 3 is 2.71 bits per heavy atom. The lowest BCUT2D eigenvalue weighted by Gasteiger charge is -2.18. The van der Waals surface area contributed by atoms with E-state index in [-0.39, 0.29) is 11.7 Å². The van der Waals surface area contributed by atoms with Crippen molar-refractivity contribution in [2.75, 3.05) is 21.9 Å². The van der Waals surface area contributed by atoms with Gasteiger partial charge in [-0.25, -0.2) is 13.4 Å². The van der Waals surface area contributed by atoms with Gasteiger partial charge in [0.15, 0.2) is 5.65 Å². The molecule has 0 bridgehead atoms. The van der Waals surface area contributed by atoms with Crippen LogP contribution in [0, 0.1) is 6.92 Å². The number of sulfonamides is 1. The molecule has 3 aromatic rings. The van der Waals surface area contributed by atoms with Crippen LogP contribution in [0.25, 0.3) is 11.0 Å². The lowest BCUT2D eigenvalue weighted by Crippen LogP contribution is -2.25. The van der Waals surface area contributed by atoms with E-state index in [1.165, 1.54) is 4.31 Å². The molecular formula is C21H22ClN5O3S. The number of aromatic nitrogens is 3. The number of carbonyl (C=O) groups is 1. The smallest absolute Gasteiger partial charge is 0.256 e. The van der Waals surface area contributed by atoms with Crippen LogP contribution in [0.4, 0.5) is 11.4 Å². The fourth-order valence-electron chi connectivity index (χ4n) is 4.11. The number of amides is 1. The van der Waals surface area contributed by atoms with Gasteiger partial charge < -0.3 is 5.32 Å². The van der Waals surface area contributed by atoms with Crippen LogP contribution >= 0.6 is 11.6 Å². The largest absolute Gasteiger partial charge is 0.321 e. The predicted molar refractivity (Wildman–Crippen MR) is 120 cm³/mol. The van der Waals surface area contributed by atoms with Crippen molar-refractivity contribution >= 4 is 49.9 Å². The number of halogens is 1. The summed E-state index contributed by atoms with van der Waals surface area (Å²) in [5, 5.41) is 8.36. The van der Waals surface area contributed by atoms with Gasteiger partial charge in [-0.3, -0.25) is 13.8 Å². The third-order valence-electron chi connectivity index (χ3n) is 5.81. The normalized spacial score (nSPS) is 18.0. The molecule has 2 aromatic heterocycles. The molecule has 8 nitrogen and oxygen atoms in total. The van der Waals surface area contributed by atoms with Crippen molar-refractivity contribution in [2.24, 2.45) is 7.05 Å². The summed E-state index contributed by atoms with van der Waals surface area (Å²) in [4.78, 5) is 18.1. The second-order valence-electron chi connectivity index (χ2n) is 8.14. The molecule has 1 aromatic carbocycles. The van der Waals surface area contributed by atoms with E-state index in [0.29, 0.717) is 51.9 Å². The minimum absolute atomic E-state index is 0.122. The Morgan fingerprint density at radius 2 is 2.03 bits per heavy atom. The van der Waals surface area contributed by atoms with Gasteiger partial charge in [0.1, 0.15) is 0 Å². The van der Waals surface area contributed by atoms with E-state index < -0.39 is 10.0 Å². The number of rotatable bonds is 4. The summed E-state index contributed by atoms with van der Waals surface area (Å²) in [7, 11) is -1.52. The molecular weight excluding hydrogens is 438 g/mol. The van der Waals surface area contributed by atoms with Gasteiger partial charge >= 0.3 is 0 Å². The summed E-state index contributed by atoms with van der Waals surface area (Å²) in [5.41, 5.74) is 3.64. The molecule has 2 fully saturated rings. The number of carbonyl (C=O) groups excluding carboxylic acids is 1. The standard InChI is InChI=1S/C21H22ClN5O3S/c1-12-19-15(11-17(13-4-5-13)23-20(19)26(2)25-12)21(28)24-18-10-14(6-7-16(18)22)27-8-3-9-31(27,29)30/h6-7,10-11,13H,3-5,8-9H2,1-2H3,(H,24,28). The number of fused-ring (bicyclic) bond motifs is 1. The molecule has 1 N–H and O–H groups in total. The first-order valence-corrected chi connectivity index (χ1v) is 12.2. The number of hydrogen-bond acceptors (Lipinski definition) is 5. The Balaban J connectivity index is 1.54. The highest BCUT2D eigenvalue weighted by Gasteiger charge is 2.30. The maximum absolute atomic E-state index is 13.3. The number of nitrogens with zero attached hydrogens (tertiary/aromatic N) is 4. The number of benzene rings is 1. The topological polar surface area (TPSA) is 97.2 Å². The molecule has 3 heterocycles. The summed E-state index contributed by atoms with van der Waals surface area (Å²) in [5.74, 6) is 0.170. The third kappa shape index (κ3) is 3.55. The van der Waals surface area contributed by atoms with E-state index >= 15 is 0 Å². The average Bonchev–Trinajstić information content (AvgIpc) is 3.45. The lowest BCUT2D eigenvalue weighted by atomic mass is 10.1. The van der Waals surface area contributed by atoms with Crippen LogP contribution in [0.15, 0.2) is 24.3 Å². The zero-order valence-corrected chi connectivity index (χ0v) is 18.8. The molecule has 0 atom stereocenters. The number of aryl methyl sites for hydroxylation is 2. The van der Waals surface area contributed by atoms with Crippen LogP contribution in [0.5, 0.6) is 0 Å². The van der Waals surface area contributed by atoms with Crippen molar-refractivity contribution in [3.63, 3.8) is 0 Å². The lowest BCUT2D eigenvalue weighted by molar-refractivity contribution is 0.102. The van der Waals surface area contributed by atoms with Gasteiger partial charge in [0.2, 0.25) is 10.0 Å². The Kier molecular flexibility index (Phi) is 4.71. The van der Waals surface area contributed by atoms with E-state index in [9.17, 15) is 13.2 Å². The van der Waals surface area contributed by atoms with Crippen LogP contribution < -0.4 is 9.62 Å².